The maximum absolute atomic E-state index is 12.5. The van der Waals surface area contributed by atoms with Crippen LogP contribution in [0.3, 0.4) is 0 Å². The number of ether oxygens (including phenoxy) is 1. The van der Waals surface area contributed by atoms with Gasteiger partial charge in [0.25, 0.3) is 15.9 Å². The molecule has 2 N–H and O–H groups in total. The van der Waals surface area contributed by atoms with Crippen LogP contribution in [-0.4, -0.2) is 20.9 Å². The van der Waals surface area contributed by atoms with Crippen LogP contribution in [0.1, 0.15) is 5.56 Å². The van der Waals surface area contributed by atoms with Crippen molar-refractivity contribution in [2.24, 2.45) is 0 Å². The minimum absolute atomic E-state index is 0.231. The van der Waals surface area contributed by atoms with E-state index in [2.05, 4.69) is 0 Å². The number of nitrogens with one attached hydrogen (secondary N) is 2. The van der Waals surface area contributed by atoms with Crippen LogP contribution >= 0.6 is 11.6 Å². The molecule has 0 unspecified atom stereocenters. The molecule has 0 spiro atoms. The van der Waals surface area contributed by atoms with Gasteiger partial charge in [0.05, 0.1) is 15.5 Å². The molecule has 26 heavy (non-hydrogen) atoms. The Kier molecular flexibility index (Phi) is 6.11. The lowest BCUT2D eigenvalue weighted by Crippen LogP contribution is -2.43. The van der Waals surface area contributed by atoms with E-state index in [0.717, 1.165) is 12.1 Å². The van der Waals surface area contributed by atoms with Crippen molar-refractivity contribution in [3.63, 3.8) is 0 Å². The number of alkyl halides is 3. The van der Waals surface area contributed by atoms with Gasteiger partial charge < -0.3 is 4.74 Å². The molecule has 2 aromatic rings. The van der Waals surface area contributed by atoms with Gasteiger partial charge in [-0.05, 0) is 36.4 Å². The van der Waals surface area contributed by atoms with Crippen molar-refractivity contribution in [3.8, 4) is 5.75 Å². The highest BCUT2D eigenvalue weighted by atomic mass is 35.5. The molecule has 0 aliphatic heterocycles. The van der Waals surface area contributed by atoms with Crippen molar-refractivity contribution in [2.75, 3.05) is 6.61 Å². The Morgan fingerprint density at radius 3 is 2.27 bits per heavy atom. The molecule has 1 amide bonds. The molecule has 0 aromatic heterocycles. The predicted molar refractivity (Wildman–Crippen MR) is 86.9 cm³/mol. The number of carbonyl (C=O) groups excluding carboxylic acids is 1. The third kappa shape index (κ3) is 5.35. The van der Waals surface area contributed by atoms with Gasteiger partial charge in [-0.2, -0.15) is 13.2 Å². The second-order valence-corrected chi connectivity index (χ2v) is 6.98. The normalized spacial score (nSPS) is 11.8. The van der Waals surface area contributed by atoms with Crippen molar-refractivity contribution < 1.29 is 31.1 Å². The van der Waals surface area contributed by atoms with Crippen LogP contribution in [0.5, 0.6) is 5.75 Å². The van der Waals surface area contributed by atoms with Gasteiger partial charge in [-0.25, -0.2) is 8.42 Å². The minimum atomic E-state index is -4.58. The van der Waals surface area contributed by atoms with Crippen molar-refractivity contribution in [2.45, 2.75) is 11.1 Å². The van der Waals surface area contributed by atoms with Crippen molar-refractivity contribution in [1.29, 1.82) is 0 Å². The highest BCUT2D eigenvalue weighted by molar-refractivity contribution is 7.89. The Labute approximate surface area is 151 Å². The van der Waals surface area contributed by atoms with E-state index in [-0.39, 0.29) is 10.8 Å². The Hall–Kier alpha value is -2.30. The molecule has 2 rings (SSSR count). The van der Waals surface area contributed by atoms with E-state index in [1.54, 1.807) is 23.0 Å². The Morgan fingerprint density at radius 2 is 1.69 bits per heavy atom. The zero-order chi connectivity index (χ0) is 19.4. The number of halogens is 4. The number of carbonyl (C=O) groups is 1. The molecule has 0 atom stereocenters. The minimum Gasteiger partial charge on any atom is -0.482 e. The predicted octanol–water partition coefficient (Wildman–Crippen LogP) is 2.75. The molecule has 0 fully saturated rings. The van der Waals surface area contributed by atoms with E-state index in [4.69, 9.17) is 16.3 Å². The molecule has 0 saturated heterocycles. The lowest BCUT2D eigenvalue weighted by molar-refractivity contribution is -0.137. The van der Waals surface area contributed by atoms with E-state index in [1.165, 1.54) is 6.07 Å². The lowest BCUT2D eigenvalue weighted by Gasteiger charge is -2.11. The van der Waals surface area contributed by atoms with E-state index in [9.17, 15) is 26.4 Å². The third-order valence-electron chi connectivity index (χ3n) is 3.01. The van der Waals surface area contributed by atoms with Gasteiger partial charge in [0.2, 0.25) is 0 Å². The molecule has 11 heteroatoms. The molecule has 2 aromatic carbocycles. The summed E-state index contributed by atoms with van der Waals surface area (Å²) in [6.07, 6.45) is -4.58. The fourth-order valence-electron chi connectivity index (χ4n) is 1.75. The smallest absolute Gasteiger partial charge is 0.416 e. The molecule has 0 bridgehead atoms. The van der Waals surface area contributed by atoms with Gasteiger partial charge in [-0.3, -0.25) is 10.2 Å². The number of rotatable bonds is 6. The molecular formula is C15H12ClF3N2O4S. The topological polar surface area (TPSA) is 84.5 Å². The average molecular weight is 409 g/mol. The van der Waals surface area contributed by atoms with Crippen LogP contribution in [0.2, 0.25) is 5.02 Å². The Balaban J connectivity index is 1.93. The molecule has 0 aliphatic carbocycles. The summed E-state index contributed by atoms with van der Waals surface area (Å²) in [5.74, 6) is -0.602. The summed E-state index contributed by atoms with van der Waals surface area (Å²) in [7, 11) is -4.24. The van der Waals surface area contributed by atoms with Crippen LogP contribution < -0.4 is 15.0 Å². The van der Waals surface area contributed by atoms with Crippen molar-refractivity contribution in [3.05, 3.63) is 59.1 Å². The van der Waals surface area contributed by atoms with E-state index in [0.29, 0.717) is 12.1 Å². The Morgan fingerprint density at radius 1 is 1.08 bits per heavy atom. The zero-order valence-corrected chi connectivity index (χ0v) is 14.5. The SMILES string of the molecule is O=C(COc1ccccc1Cl)NNS(=O)(=O)c1ccc(C(F)(F)F)cc1. The van der Waals surface area contributed by atoms with E-state index < -0.39 is 39.2 Å². The molecule has 0 saturated carbocycles. The number of sulfonamides is 1. The maximum Gasteiger partial charge on any atom is 0.416 e. The van der Waals surface area contributed by atoms with Gasteiger partial charge in [0, 0.05) is 0 Å². The highest BCUT2D eigenvalue weighted by Gasteiger charge is 2.30. The Bertz CT molecular complexity index is 887. The number of para-hydroxylation sites is 1. The lowest BCUT2D eigenvalue weighted by atomic mass is 10.2. The molecule has 0 heterocycles. The van der Waals surface area contributed by atoms with Gasteiger partial charge >= 0.3 is 6.18 Å². The summed E-state index contributed by atoms with van der Waals surface area (Å²) < 4.78 is 66.5. The molecule has 140 valence electrons. The number of benzene rings is 2. The summed E-state index contributed by atoms with van der Waals surface area (Å²) in [4.78, 5) is 13.0. The quantitative estimate of drug-likeness (QED) is 0.720. The highest BCUT2D eigenvalue weighted by Crippen LogP contribution is 2.29. The summed E-state index contributed by atoms with van der Waals surface area (Å²) >= 11 is 5.83. The summed E-state index contributed by atoms with van der Waals surface area (Å²) in [6.45, 7) is -0.529. The molecule has 0 radical (unpaired) electrons. The van der Waals surface area contributed by atoms with E-state index in [1.807, 2.05) is 5.43 Å². The van der Waals surface area contributed by atoms with Crippen molar-refractivity contribution in [1.82, 2.24) is 10.3 Å². The second kappa shape index (κ2) is 7.94. The summed E-state index contributed by atoms with van der Waals surface area (Å²) in [5.41, 5.74) is 0.897. The zero-order valence-electron chi connectivity index (χ0n) is 12.9. The first kappa shape index (κ1) is 20.0. The number of hydrogen-bond donors (Lipinski definition) is 2. The monoisotopic (exact) mass is 408 g/mol. The fraction of sp³-hybridized carbons (Fsp3) is 0.133. The van der Waals surface area contributed by atoms with Crippen LogP contribution in [0.4, 0.5) is 13.2 Å². The first-order valence-electron chi connectivity index (χ1n) is 6.95. The standard InChI is InChI=1S/C15H12ClF3N2O4S/c16-12-3-1-2-4-13(12)25-9-14(22)20-21-26(23,24)11-7-5-10(6-8-11)15(17,18)19/h1-8,21H,9H2,(H,20,22). The first-order valence-corrected chi connectivity index (χ1v) is 8.81. The molecule has 0 aliphatic rings. The van der Waals surface area contributed by atoms with Crippen LogP contribution in [0.25, 0.3) is 0 Å². The van der Waals surface area contributed by atoms with E-state index >= 15 is 0 Å². The van der Waals surface area contributed by atoms with Gasteiger partial charge in [0.1, 0.15) is 5.75 Å². The van der Waals surface area contributed by atoms with Crippen molar-refractivity contribution >= 4 is 27.5 Å². The second-order valence-electron chi connectivity index (χ2n) is 4.89. The largest absolute Gasteiger partial charge is 0.482 e. The summed E-state index contributed by atoms with van der Waals surface area (Å²) in [5, 5.41) is 0.269. The maximum atomic E-state index is 12.5. The summed E-state index contributed by atoms with van der Waals surface area (Å²) in [6, 6.07) is 9.15. The number of hydrogen-bond acceptors (Lipinski definition) is 4. The van der Waals surface area contributed by atoms with Crippen LogP contribution in [-0.2, 0) is 21.0 Å². The molecular weight excluding hydrogens is 397 g/mol. The first-order chi connectivity index (χ1) is 12.1. The van der Waals surface area contributed by atoms with Gasteiger partial charge in [-0.15, -0.1) is 4.83 Å². The number of amides is 1. The average Bonchev–Trinajstić information content (AvgIpc) is 2.59. The third-order valence-corrected chi connectivity index (χ3v) is 4.59. The molecule has 6 nitrogen and oxygen atoms in total. The number of hydrazine groups is 1. The van der Waals surface area contributed by atoms with Crippen LogP contribution in [0.15, 0.2) is 53.4 Å². The van der Waals surface area contributed by atoms with Gasteiger partial charge in [0.15, 0.2) is 6.61 Å². The fourth-order valence-corrected chi connectivity index (χ4v) is 2.80. The van der Waals surface area contributed by atoms with Gasteiger partial charge in [-0.1, -0.05) is 23.7 Å². The van der Waals surface area contributed by atoms with Crippen LogP contribution in [0, 0.1) is 0 Å².